The Morgan fingerprint density at radius 1 is 1.29 bits per heavy atom. The van der Waals surface area contributed by atoms with Gasteiger partial charge in [0.25, 0.3) is 5.91 Å². The number of anilines is 2. The third-order valence-electron chi connectivity index (χ3n) is 4.51. The maximum absolute atomic E-state index is 12.9. The van der Waals surface area contributed by atoms with E-state index < -0.39 is 5.97 Å². The molecule has 0 aliphatic heterocycles. The highest BCUT2D eigenvalue weighted by molar-refractivity contribution is 7.18. The highest BCUT2D eigenvalue weighted by Gasteiger charge is 2.24. The molecule has 1 amide bonds. The molecule has 7 nitrogen and oxygen atoms in total. The van der Waals surface area contributed by atoms with Crippen LogP contribution in [0.1, 0.15) is 46.0 Å². The zero-order valence-electron chi connectivity index (χ0n) is 15.6. The monoisotopic (exact) mass is 396 g/mol. The summed E-state index contributed by atoms with van der Waals surface area (Å²) in [7, 11) is 0. The Kier molecular flexibility index (Phi) is 4.95. The van der Waals surface area contributed by atoms with Gasteiger partial charge in [0.05, 0.1) is 28.0 Å². The maximum atomic E-state index is 12.9. The zero-order chi connectivity index (χ0) is 19.7. The molecule has 1 aliphatic rings. The van der Waals surface area contributed by atoms with Crippen molar-refractivity contribution in [2.45, 2.75) is 32.7 Å². The summed E-state index contributed by atoms with van der Waals surface area (Å²) in [5, 5.41) is 8.06. The van der Waals surface area contributed by atoms with Crippen LogP contribution in [0, 0.1) is 6.92 Å². The number of fused-ring (bicyclic) bond motifs is 1. The minimum Gasteiger partial charge on any atom is -0.462 e. The second-order valence-electron chi connectivity index (χ2n) is 6.67. The largest absolute Gasteiger partial charge is 0.462 e. The zero-order valence-corrected chi connectivity index (χ0v) is 16.4. The molecule has 144 valence electrons. The second kappa shape index (κ2) is 7.55. The van der Waals surface area contributed by atoms with E-state index >= 15 is 0 Å². The van der Waals surface area contributed by atoms with E-state index in [9.17, 15) is 9.59 Å². The van der Waals surface area contributed by atoms with Crippen LogP contribution in [0.2, 0.25) is 0 Å². The van der Waals surface area contributed by atoms with Gasteiger partial charge in [-0.15, -0.1) is 11.3 Å². The van der Waals surface area contributed by atoms with Crippen LogP contribution in [-0.2, 0) is 4.74 Å². The van der Waals surface area contributed by atoms with Gasteiger partial charge in [-0.2, -0.15) is 0 Å². The number of aryl methyl sites for hydroxylation is 1. The van der Waals surface area contributed by atoms with E-state index in [4.69, 9.17) is 4.74 Å². The number of thiophene rings is 1. The lowest BCUT2D eigenvalue weighted by Gasteiger charge is -2.10. The number of aromatic nitrogens is 2. The van der Waals surface area contributed by atoms with Crippen molar-refractivity contribution in [3.63, 3.8) is 0 Å². The van der Waals surface area contributed by atoms with E-state index in [2.05, 4.69) is 20.6 Å². The Morgan fingerprint density at radius 3 is 2.86 bits per heavy atom. The Balaban J connectivity index is 1.60. The molecule has 1 fully saturated rings. The summed E-state index contributed by atoms with van der Waals surface area (Å²) in [5.74, 6) is 0.0889. The summed E-state index contributed by atoms with van der Waals surface area (Å²) in [5.41, 5.74) is 2.94. The van der Waals surface area contributed by atoms with E-state index in [-0.39, 0.29) is 5.91 Å². The molecule has 8 heteroatoms. The Hall–Kier alpha value is -3.00. The summed E-state index contributed by atoms with van der Waals surface area (Å²) in [6.07, 6.45) is 3.75. The molecule has 2 aromatic heterocycles. The molecule has 0 unspecified atom stereocenters. The normalized spacial score (nSPS) is 13.4. The van der Waals surface area contributed by atoms with Crippen molar-refractivity contribution in [3.8, 4) is 0 Å². The first-order valence-electron chi connectivity index (χ1n) is 9.14. The molecule has 0 bridgehead atoms. The van der Waals surface area contributed by atoms with Crippen LogP contribution in [0.3, 0.4) is 0 Å². The van der Waals surface area contributed by atoms with Crippen molar-refractivity contribution in [1.82, 2.24) is 9.97 Å². The van der Waals surface area contributed by atoms with E-state index in [0.717, 1.165) is 28.9 Å². The lowest BCUT2D eigenvalue weighted by Crippen LogP contribution is -2.14. The highest BCUT2D eigenvalue weighted by atomic mass is 32.1. The number of nitrogens with zero attached hydrogens (tertiary/aromatic N) is 2. The SMILES string of the molecule is CCOC(=O)c1ccc(C)c(NC(=O)c2csc3c(NC4CC4)ncnc23)c1. The van der Waals surface area contributed by atoms with Crippen molar-refractivity contribution in [2.24, 2.45) is 0 Å². The van der Waals surface area contributed by atoms with Gasteiger partial charge >= 0.3 is 5.97 Å². The average molecular weight is 396 g/mol. The van der Waals surface area contributed by atoms with Gasteiger partial charge in [-0.05, 0) is 44.4 Å². The maximum Gasteiger partial charge on any atom is 0.338 e. The third-order valence-corrected chi connectivity index (χ3v) is 5.49. The van der Waals surface area contributed by atoms with Crippen LogP contribution in [0.25, 0.3) is 10.2 Å². The standard InChI is InChI=1S/C20H20N4O3S/c1-3-27-20(26)12-5-4-11(2)15(8-12)24-19(25)14-9-28-17-16(14)21-10-22-18(17)23-13-6-7-13/h4-5,8-10,13H,3,6-7H2,1-2H3,(H,24,25)(H,21,22,23). The van der Waals surface area contributed by atoms with E-state index in [1.807, 2.05) is 6.92 Å². The number of hydrogen-bond acceptors (Lipinski definition) is 7. The molecular weight excluding hydrogens is 376 g/mol. The molecule has 0 radical (unpaired) electrons. The molecule has 0 atom stereocenters. The van der Waals surface area contributed by atoms with Crippen LogP contribution < -0.4 is 10.6 Å². The molecule has 1 saturated carbocycles. The molecule has 2 N–H and O–H groups in total. The minimum atomic E-state index is -0.414. The molecule has 0 saturated heterocycles. The average Bonchev–Trinajstić information content (AvgIpc) is 3.38. The molecule has 1 aromatic carbocycles. The number of esters is 1. The van der Waals surface area contributed by atoms with Crippen LogP contribution in [-0.4, -0.2) is 34.5 Å². The van der Waals surface area contributed by atoms with Gasteiger partial charge in [-0.3, -0.25) is 4.79 Å². The fourth-order valence-corrected chi connectivity index (χ4v) is 3.78. The molecule has 1 aliphatic carbocycles. The Labute approximate surface area is 166 Å². The first-order chi connectivity index (χ1) is 13.6. The van der Waals surface area contributed by atoms with Gasteiger partial charge in [0.1, 0.15) is 12.1 Å². The van der Waals surface area contributed by atoms with Crippen molar-refractivity contribution in [1.29, 1.82) is 0 Å². The summed E-state index contributed by atoms with van der Waals surface area (Å²) in [6, 6.07) is 5.57. The van der Waals surface area contributed by atoms with E-state index in [1.54, 1.807) is 30.5 Å². The number of rotatable bonds is 6. The summed E-state index contributed by atoms with van der Waals surface area (Å²) in [6.45, 7) is 3.92. The quantitative estimate of drug-likeness (QED) is 0.612. The number of benzene rings is 1. The predicted octanol–water partition coefficient (Wildman–Crippen LogP) is 4.00. The van der Waals surface area contributed by atoms with Gasteiger partial charge in [-0.1, -0.05) is 6.07 Å². The first-order valence-corrected chi connectivity index (χ1v) is 10.0. The Morgan fingerprint density at radius 2 is 2.11 bits per heavy atom. The number of carbonyl (C=O) groups is 2. The number of ether oxygens (including phenoxy) is 1. The summed E-state index contributed by atoms with van der Waals surface area (Å²) < 4.78 is 5.91. The van der Waals surface area contributed by atoms with Gasteiger partial charge in [0, 0.05) is 17.1 Å². The van der Waals surface area contributed by atoms with E-state index in [0.29, 0.717) is 35.0 Å². The van der Waals surface area contributed by atoms with E-state index in [1.165, 1.54) is 17.7 Å². The number of amides is 1. The smallest absolute Gasteiger partial charge is 0.338 e. The summed E-state index contributed by atoms with van der Waals surface area (Å²) in [4.78, 5) is 33.5. The van der Waals surface area contributed by atoms with Crippen molar-refractivity contribution in [3.05, 3.63) is 46.6 Å². The fourth-order valence-electron chi connectivity index (χ4n) is 2.82. The molecule has 28 heavy (non-hydrogen) atoms. The number of nitrogens with one attached hydrogen (secondary N) is 2. The van der Waals surface area contributed by atoms with Crippen LogP contribution in [0.5, 0.6) is 0 Å². The lowest BCUT2D eigenvalue weighted by molar-refractivity contribution is 0.0526. The molecule has 4 rings (SSSR count). The Bertz CT molecular complexity index is 1060. The van der Waals surface area contributed by atoms with Crippen LogP contribution in [0.4, 0.5) is 11.5 Å². The third kappa shape index (κ3) is 3.68. The van der Waals surface area contributed by atoms with Crippen molar-refractivity contribution < 1.29 is 14.3 Å². The number of hydrogen-bond donors (Lipinski definition) is 2. The molecule has 3 aromatic rings. The first kappa shape index (κ1) is 18.4. The predicted molar refractivity (Wildman–Crippen MR) is 109 cm³/mol. The fraction of sp³-hybridized carbons (Fsp3) is 0.300. The van der Waals surface area contributed by atoms with Crippen LogP contribution >= 0.6 is 11.3 Å². The number of carbonyl (C=O) groups excluding carboxylic acids is 2. The van der Waals surface area contributed by atoms with Gasteiger partial charge in [0.2, 0.25) is 0 Å². The van der Waals surface area contributed by atoms with Crippen molar-refractivity contribution >= 4 is 44.9 Å². The molecule has 0 spiro atoms. The van der Waals surface area contributed by atoms with Crippen LogP contribution in [0.15, 0.2) is 29.9 Å². The minimum absolute atomic E-state index is 0.272. The van der Waals surface area contributed by atoms with Gasteiger partial charge in [0.15, 0.2) is 0 Å². The molecule has 2 heterocycles. The highest BCUT2D eigenvalue weighted by Crippen LogP contribution is 2.33. The lowest BCUT2D eigenvalue weighted by atomic mass is 10.1. The van der Waals surface area contributed by atoms with Gasteiger partial charge in [-0.25, -0.2) is 14.8 Å². The molecular formula is C20H20N4O3S. The van der Waals surface area contributed by atoms with Crippen molar-refractivity contribution in [2.75, 3.05) is 17.2 Å². The summed E-state index contributed by atoms with van der Waals surface area (Å²) >= 11 is 1.45. The topological polar surface area (TPSA) is 93.2 Å². The van der Waals surface area contributed by atoms with Gasteiger partial charge < -0.3 is 15.4 Å². The second-order valence-corrected chi connectivity index (χ2v) is 7.55.